The van der Waals surface area contributed by atoms with Gasteiger partial charge in [0.1, 0.15) is 5.02 Å². The van der Waals surface area contributed by atoms with Gasteiger partial charge in [0.05, 0.1) is 4.92 Å². The molecule has 22 heavy (non-hydrogen) atoms. The summed E-state index contributed by atoms with van der Waals surface area (Å²) in [5, 5.41) is 11.3. The first-order valence-corrected chi connectivity index (χ1v) is 7.62. The summed E-state index contributed by atoms with van der Waals surface area (Å²) in [5.74, 6) is 0. The van der Waals surface area contributed by atoms with Crippen LogP contribution in [0.1, 0.15) is 5.56 Å². The lowest BCUT2D eigenvalue weighted by molar-refractivity contribution is -0.384. The molecule has 0 radical (unpaired) electrons. The highest BCUT2D eigenvalue weighted by molar-refractivity contribution is 8.14. The zero-order valence-corrected chi connectivity index (χ0v) is 13.4. The van der Waals surface area contributed by atoms with E-state index in [0.29, 0.717) is 10.6 Å². The molecular formula is C15H9Cl2NO3S. The maximum atomic E-state index is 11.8. The van der Waals surface area contributed by atoms with Crippen molar-refractivity contribution in [1.82, 2.24) is 0 Å². The zero-order valence-electron chi connectivity index (χ0n) is 11.0. The Bertz CT molecular complexity index is 745. The number of nitro benzene ring substituents is 1. The van der Waals surface area contributed by atoms with Crippen molar-refractivity contribution in [2.24, 2.45) is 0 Å². The first-order chi connectivity index (χ1) is 10.5. The van der Waals surface area contributed by atoms with Gasteiger partial charge in [-0.15, -0.1) is 0 Å². The highest BCUT2D eigenvalue weighted by Crippen LogP contribution is 2.26. The van der Waals surface area contributed by atoms with Crippen molar-refractivity contribution in [2.45, 2.75) is 4.90 Å². The molecule has 0 amide bonds. The van der Waals surface area contributed by atoms with Crippen molar-refractivity contribution in [1.29, 1.82) is 0 Å². The molecule has 0 aromatic heterocycles. The molecule has 0 heterocycles. The molecule has 0 spiro atoms. The third-order valence-electron chi connectivity index (χ3n) is 2.61. The second-order valence-electron chi connectivity index (χ2n) is 4.18. The van der Waals surface area contributed by atoms with Crippen LogP contribution in [0.3, 0.4) is 0 Å². The number of nitrogens with zero attached hydrogens (tertiary/aromatic N) is 1. The summed E-state index contributed by atoms with van der Waals surface area (Å²) in [4.78, 5) is 22.8. The summed E-state index contributed by atoms with van der Waals surface area (Å²) in [6.45, 7) is 0. The van der Waals surface area contributed by atoms with Gasteiger partial charge in [-0.2, -0.15) is 0 Å². The molecule has 7 heteroatoms. The predicted molar refractivity (Wildman–Crippen MR) is 89.5 cm³/mol. The Labute approximate surface area is 140 Å². The monoisotopic (exact) mass is 353 g/mol. The summed E-state index contributed by atoms with van der Waals surface area (Å²) < 4.78 is 0. The minimum absolute atomic E-state index is 0.0593. The van der Waals surface area contributed by atoms with Crippen LogP contribution in [0, 0.1) is 10.1 Å². The molecule has 0 fully saturated rings. The van der Waals surface area contributed by atoms with Crippen LogP contribution in [0.25, 0.3) is 6.08 Å². The smallest absolute Gasteiger partial charge is 0.282 e. The van der Waals surface area contributed by atoms with Crippen molar-refractivity contribution in [3.63, 3.8) is 0 Å². The molecule has 0 saturated carbocycles. The number of benzene rings is 2. The van der Waals surface area contributed by atoms with Crippen LogP contribution in [0.5, 0.6) is 0 Å². The van der Waals surface area contributed by atoms with Crippen LogP contribution in [0.15, 0.2) is 53.4 Å². The molecule has 0 bridgehead atoms. The second-order valence-corrected chi connectivity index (χ2v) is 6.10. The molecule has 0 atom stereocenters. The van der Waals surface area contributed by atoms with Gasteiger partial charge in [-0.05, 0) is 53.7 Å². The van der Waals surface area contributed by atoms with Crippen molar-refractivity contribution >= 4 is 51.8 Å². The van der Waals surface area contributed by atoms with Crippen molar-refractivity contribution in [3.05, 3.63) is 74.3 Å². The number of carbonyl (C=O) groups is 1. The van der Waals surface area contributed by atoms with Crippen LogP contribution in [0.2, 0.25) is 10.0 Å². The molecule has 2 aromatic carbocycles. The average molecular weight is 354 g/mol. The summed E-state index contributed by atoms with van der Waals surface area (Å²) in [6.07, 6.45) is 2.86. The van der Waals surface area contributed by atoms with Gasteiger partial charge >= 0.3 is 0 Å². The van der Waals surface area contributed by atoms with Crippen LogP contribution in [-0.4, -0.2) is 10.0 Å². The van der Waals surface area contributed by atoms with Gasteiger partial charge in [-0.25, -0.2) is 0 Å². The first-order valence-electron chi connectivity index (χ1n) is 6.05. The van der Waals surface area contributed by atoms with E-state index in [1.807, 2.05) is 0 Å². The van der Waals surface area contributed by atoms with Gasteiger partial charge in [-0.1, -0.05) is 35.3 Å². The third-order valence-corrected chi connectivity index (χ3v) is 4.03. The highest BCUT2D eigenvalue weighted by atomic mass is 35.5. The summed E-state index contributed by atoms with van der Waals surface area (Å²) in [6, 6.07) is 11.2. The molecule has 4 nitrogen and oxygen atoms in total. The fourth-order valence-corrected chi connectivity index (χ4v) is 2.54. The van der Waals surface area contributed by atoms with Crippen molar-refractivity contribution in [3.8, 4) is 0 Å². The number of halogens is 2. The summed E-state index contributed by atoms with van der Waals surface area (Å²) >= 11 is 12.5. The fourth-order valence-electron chi connectivity index (χ4n) is 1.59. The third kappa shape index (κ3) is 4.59. The quantitative estimate of drug-likeness (QED) is 0.326. The largest absolute Gasteiger partial charge is 0.288 e. The van der Waals surface area contributed by atoms with Crippen LogP contribution in [-0.2, 0) is 4.79 Å². The maximum Gasteiger partial charge on any atom is 0.288 e. The Balaban J connectivity index is 2.08. The minimum atomic E-state index is -0.566. The Morgan fingerprint density at radius 2 is 1.82 bits per heavy atom. The topological polar surface area (TPSA) is 60.2 Å². The molecule has 0 N–H and O–H groups in total. The van der Waals surface area contributed by atoms with Crippen LogP contribution < -0.4 is 0 Å². The van der Waals surface area contributed by atoms with E-state index < -0.39 is 4.92 Å². The predicted octanol–water partition coefficient (Wildman–Crippen LogP) is 5.23. The van der Waals surface area contributed by atoms with Crippen LogP contribution in [0.4, 0.5) is 5.69 Å². The lowest BCUT2D eigenvalue weighted by Crippen LogP contribution is -1.90. The van der Waals surface area contributed by atoms with Gasteiger partial charge in [-0.3, -0.25) is 14.9 Å². The van der Waals surface area contributed by atoms with E-state index in [4.69, 9.17) is 23.2 Å². The molecule has 0 aliphatic heterocycles. The number of rotatable bonds is 4. The number of nitro groups is 1. The number of carbonyl (C=O) groups excluding carboxylic acids is 1. The summed E-state index contributed by atoms with van der Waals surface area (Å²) in [5.41, 5.74) is 0.336. The van der Waals surface area contributed by atoms with Gasteiger partial charge < -0.3 is 0 Å². The van der Waals surface area contributed by atoms with E-state index in [1.54, 1.807) is 30.3 Å². The van der Waals surface area contributed by atoms with E-state index in [1.165, 1.54) is 24.3 Å². The summed E-state index contributed by atoms with van der Waals surface area (Å²) in [7, 11) is 0. The molecule has 2 aromatic rings. The average Bonchev–Trinajstić information content (AvgIpc) is 2.48. The molecule has 0 aliphatic carbocycles. The van der Waals surface area contributed by atoms with E-state index in [-0.39, 0.29) is 15.8 Å². The van der Waals surface area contributed by atoms with E-state index >= 15 is 0 Å². The van der Waals surface area contributed by atoms with E-state index in [0.717, 1.165) is 16.7 Å². The Hall–Kier alpha value is -1.82. The second kappa shape index (κ2) is 7.45. The van der Waals surface area contributed by atoms with E-state index in [9.17, 15) is 14.9 Å². The minimum Gasteiger partial charge on any atom is -0.282 e. The lowest BCUT2D eigenvalue weighted by Gasteiger charge is -1.98. The van der Waals surface area contributed by atoms with Gasteiger partial charge in [0.15, 0.2) is 0 Å². The van der Waals surface area contributed by atoms with Crippen molar-refractivity contribution in [2.75, 3.05) is 0 Å². The Morgan fingerprint density at radius 1 is 1.14 bits per heavy atom. The Morgan fingerprint density at radius 3 is 2.45 bits per heavy atom. The molecule has 0 aliphatic rings. The van der Waals surface area contributed by atoms with Crippen LogP contribution >= 0.6 is 35.0 Å². The molecule has 0 saturated heterocycles. The highest BCUT2D eigenvalue weighted by Gasteiger charge is 2.11. The fraction of sp³-hybridized carbons (Fsp3) is 0. The molecule has 0 unspecified atom stereocenters. The Kier molecular flexibility index (Phi) is 5.60. The van der Waals surface area contributed by atoms with Gasteiger partial charge in [0.25, 0.3) is 5.69 Å². The lowest BCUT2D eigenvalue weighted by atomic mass is 10.2. The zero-order chi connectivity index (χ0) is 16.1. The van der Waals surface area contributed by atoms with Gasteiger partial charge in [0.2, 0.25) is 5.12 Å². The molecule has 112 valence electrons. The molecular weight excluding hydrogens is 345 g/mol. The molecule has 2 rings (SSSR count). The standard InChI is InChI=1S/C15H9Cl2NO3S/c16-11-3-5-12(6-4-11)22-15(19)8-2-10-1-7-13(17)14(9-10)18(20)21/h1-9H. The SMILES string of the molecule is O=C(C=Cc1ccc(Cl)c([N+](=O)[O-])c1)Sc1ccc(Cl)cc1. The number of hydrogen-bond acceptors (Lipinski definition) is 4. The van der Waals surface area contributed by atoms with E-state index in [2.05, 4.69) is 0 Å². The number of thioether (sulfide) groups is 1. The van der Waals surface area contributed by atoms with Crippen molar-refractivity contribution < 1.29 is 9.72 Å². The van der Waals surface area contributed by atoms with Gasteiger partial charge in [0, 0.05) is 16.0 Å². The maximum absolute atomic E-state index is 11.8. The number of hydrogen-bond donors (Lipinski definition) is 0. The normalized spacial score (nSPS) is 10.8. The first kappa shape index (κ1) is 16.5.